The zero-order chi connectivity index (χ0) is 14.5. The molecule has 0 amide bonds. The van der Waals surface area contributed by atoms with E-state index in [1.807, 2.05) is 12.1 Å². The van der Waals surface area contributed by atoms with Crippen LogP contribution in [0.1, 0.15) is 11.1 Å². The molecule has 0 heterocycles. The van der Waals surface area contributed by atoms with Gasteiger partial charge in [-0.2, -0.15) is 0 Å². The lowest BCUT2D eigenvalue weighted by Gasteiger charge is -2.12. The predicted molar refractivity (Wildman–Crippen MR) is 72.8 cm³/mol. The van der Waals surface area contributed by atoms with Crippen LogP contribution in [0.25, 0.3) is 0 Å². The molecule has 0 radical (unpaired) electrons. The number of aliphatic hydroxyl groups is 1. The Balaban J connectivity index is 2.03. The van der Waals surface area contributed by atoms with E-state index in [-0.39, 0.29) is 12.0 Å². The number of ether oxygens (including phenoxy) is 1. The SMILES string of the molecule is COc1ccc(CC(O)Cc2c(F)cccc2F)cc1. The second-order valence-corrected chi connectivity index (χ2v) is 4.61. The molecule has 1 N–H and O–H groups in total. The van der Waals surface area contributed by atoms with E-state index in [2.05, 4.69) is 0 Å². The maximum Gasteiger partial charge on any atom is 0.129 e. The molecule has 0 saturated carbocycles. The van der Waals surface area contributed by atoms with Crippen LogP contribution < -0.4 is 4.74 Å². The lowest BCUT2D eigenvalue weighted by atomic mass is 10.0. The minimum absolute atomic E-state index is 0.0511. The van der Waals surface area contributed by atoms with Crippen molar-refractivity contribution in [2.45, 2.75) is 18.9 Å². The Kier molecular flexibility index (Phi) is 4.69. The summed E-state index contributed by atoms with van der Waals surface area (Å²) in [7, 11) is 1.57. The van der Waals surface area contributed by atoms with Gasteiger partial charge in [0.05, 0.1) is 13.2 Å². The molecule has 2 rings (SSSR count). The monoisotopic (exact) mass is 278 g/mol. The van der Waals surface area contributed by atoms with Crippen molar-refractivity contribution in [2.75, 3.05) is 7.11 Å². The number of benzene rings is 2. The van der Waals surface area contributed by atoms with Gasteiger partial charge in [0.2, 0.25) is 0 Å². The Labute approximate surface area is 116 Å². The van der Waals surface area contributed by atoms with Crippen molar-refractivity contribution in [1.29, 1.82) is 0 Å². The molecule has 0 aromatic heterocycles. The van der Waals surface area contributed by atoms with E-state index in [0.29, 0.717) is 6.42 Å². The van der Waals surface area contributed by atoms with Crippen LogP contribution >= 0.6 is 0 Å². The van der Waals surface area contributed by atoms with Crippen LogP contribution in [0.2, 0.25) is 0 Å². The summed E-state index contributed by atoms with van der Waals surface area (Å²) in [5.41, 5.74) is 0.809. The summed E-state index contributed by atoms with van der Waals surface area (Å²) in [5.74, 6) is -0.527. The van der Waals surface area contributed by atoms with Crippen LogP contribution in [0.5, 0.6) is 5.75 Å². The molecule has 0 aliphatic rings. The van der Waals surface area contributed by atoms with Crippen LogP contribution in [0.4, 0.5) is 8.78 Å². The molecule has 2 aromatic carbocycles. The first-order valence-corrected chi connectivity index (χ1v) is 6.34. The fraction of sp³-hybridized carbons (Fsp3) is 0.250. The van der Waals surface area contributed by atoms with Crippen molar-refractivity contribution in [3.63, 3.8) is 0 Å². The van der Waals surface area contributed by atoms with E-state index >= 15 is 0 Å². The smallest absolute Gasteiger partial charge is 0.129 e. The summed E-state index contributed by atoms with van der Waals surface area (Å²) in [6.07, 6.45) is -0.558. The summed E-state index contributed by atoms with van der Waals surface area (Å²) in [6.45, 7) is 0. The molecule has 1 atom stereocenters. The highest BCUT2D eigenvalue weighted by Crippen LogP contribution is 2.17. The first-order valence-electron chi connectivity index (χ1n) is 6.34. The van der Waals surface area contributed by atoms with Crippen LogP contribution in [0, 0.1) is 11.6 Å². The third-order valence-electron chi connectivity index (χ3n) is 3.13. The third-order valence-corrected chi connectivity index (χ3v) is 3.13. The Morgan fingerprint density at radius 2 is 1.60 bits per heavy atom. The molecule has 20 heavy (non-hydrogen) atoms. The molecule has 0 fully saturated rings. The van der Waals surface area contributed by atoms with Crippen molar-refractivity contribution >= 4 is 0 Å². The minimum atomic E-state index is -0.838. The van der Waals surface area contributed by atoms with E-state index < -0.39 is 17.7 Å². The van der Waals surface area contributed by atoms with Gasteiger partial charge in [0.1, 0.15) is 17.4 Å². The van der Waals surface area contributed by atoms with Gasteiger partial charge in [-0.3, -0.25) is 0 Å². The highest BCUT2D eigenvalue weighted by molar-refractivity contribution is 5.28. The van der Waals surface area contributed by atoms with Crippen molar-refractivity contribution < 1.29 is 18.6 Å². The number of hydrogen-bond donors (Lipinski definition) is 1. The molecular formula is C16H16F2O2. The molecule has 1 unspecified atom stereocenters. The van der Waals surface area contributed by atoms with Gasteiger partial charge < -0.3 is 9.84 Å². The predicted octanol–water partition coefficient (Wildman–Crippen LogP) is 3.12. The topological polar surface area (TPSA) is 29.5 Å². The Bertz CT molecular complexity index is 547. The minimum Gasteiger partial charge on any atom is -0.497 e. The standard InChI is InChI=1S/C16H16F2O2/c1-20-13-7-5-11(6-8-13)9-12(19)10-14-15(17)3-2-4-16(14)18/h2-8,12,19H,9-10H2,1H3. The summed E-state index contributed by atoms with van der Waals surface area (Å²) in [6, 6.07) is 10.9. The van der Waals surface area contributed by atoms with Crippen molar-refractivity contribution in [3.8, 4) is 5.75 Å². The molecule has 4 heteroatoms. The maximum atomic E-state index is 13.5. The zero-order valence-electron chi connectivity index (χ0n) is 11.1. The van der Waals surface area contributed by atoms with E-state index in [9.17, 15) is 13.9 Å². The van der Waals surface area contributed by atoms with Crippen molar-refractivity contribution in [2.24, 2.45) is 0 Å². The lowest BCUT2D eigenvalue weighted by molar-refractivity contribution is 0.172. The Morgan fingerprint density at radius 1 is 1.00 bits per heavy atom. The Morgan fingerprint density at radius 3 is 2.15 bits per heavy atom. The van der Waals surface area contributed by atoms with Gasteiger partial charge >= 0.3 is 0 Å². The number of halogens is 2. The van der Waals surface area contributed by atoms with E-state index in [1.54, 1.807) is 19.2 Å². The number of rotatable bonds is 5. The van der Waals surface area contributed by atoms with E-state index in [0.717, 1.165) is 11.3 Å². The number of aliphatic hydroxyl groups excluding tert-OH is 1. The van der Waals surface area contributed by atoms with Gasteiger partial charge in [0.15, 0.2) is 0 Å². The van der Waals surface area contributed by atoms with Gasteiger partial charge in [0, 0.05) is 12.0 Å². The van der Waals surface area contributed by atoms with Crippen LogP contribution in [0.15, 0.2) is 42.5 Å². The summed E-state index contributed by atoms with van der Waals surface area (Å²) >= 11 is 0. The van der Waals surface area contributed by atoms with Crippen molar-refractivity contribution in [3.05, 3.63) is 65.2 Å². The summed E-state index contributed by atoms with van der Waals surface area (Å²) in [4.78, 5) is 0. The van der Waals surface area contributed by atoms with Crippen molar-refractivity contribution in [1.82, 2.24) is 0 Å². The first kappa shape index (κ1) is 14.5. The number of methoxy groups -OCH3 is 1. The Hall–Kier alpha value is -1.94. The molecule has 0 spiro atoms. The number of hydrogen-bond acceptors (Lipinski definition) is 2. The molecule has 0 aliphatic heterocycles. The fourth-order valence-corrected chi connectivity index (χ4v) is 2.07. The molecule has 2 nitrogen and oxygen atoms in total. The van der Waals surface area contributed by atoms with Crippen LogP contribution in [-0.2, 0) is 12.8 Å². The average molecular weight is 278 g/mol. The van der Waals surface area contributed by atoms with Gasteiger partial charge in [-0.25, -0.2) is 8.78 Å². The van der Waals surface area contributed by atoms with Crippen LogP contribution in [0.3, 0.4) is 0 Å². The largest absolute Gasteiger partial charge is 0.497 e. The second-order valence-electron chi connectivity index (χ2n) is 4.61. The van der Waals surface area contributed by atoms with Gasteiger partial charge in [-0.1, -0.05) is 18.2 Å². The summed E-state index contributed by atoms with van der Waals surface area (Å²) < 4.78 is 32.0. The van der Waals surface area contributed by atoms with E-state index in [1.165, 1.54) is 18.2 Å². The zero-order valence-corrected chi connectivity index (χ0v) is 11.1. The second kappa shape index (κ2) is 6.48. The quantitative estimate of drug-likeness (QED) is 0.910. The van der Waals surface area contributed by atoms with Gasteiger partial charge in [0.25, 0.3) is 0 Å². The fourth-order valence-electron chi connectivity index (χ4n) is 2.07. The maximum absolute atomic E-state index is 13.5. The highest BCUT2D eigenvalue weighted by Gasteiger charge is 2.14. The molecule has 2 aromatic rings. The molecule has 0 saturated heterocycles. The highest BCUT2D eigenvalue weighted by atomic mass is 19.1. The van der Waals surface area contributed by atoms with Crippen LogP contribution in [-0.4, -0.2) is 18.3 Å². The van der Waals surface area contributed by atoms with E-state index in [4.69, 9.17) is 4.74 Å². The normalized spacial score (nSPS) is 12.2. The third kappa shape index (κ3) is 3.54. The lowest BCUT2D eigenvalue weighted by Crippen LogP contribution is -2.16. The molecular weight excluding hydrogens is 262 g/mol. The average Bonchev–Trinajstić information content (AvgIpc) is 2.44. The molecule has 106 valence electrons. The first-order chi connectivity index (χ1) is 9.60. The van der Waals surface area contributed by atoms with Gasteiger partial charge in [-0.15, -0.1) is 0 Å². The summed E-state index contributed by atoms with van der Waals surface area (Å²) in [5, 5.41) is 9.97. The van der Waals surface area contributed by atoms with Gasteiger partial charge in [-0.05, 0) is 36.2 Å². The molecule has 0 bridgehead atoms. The molecule has 0 aliphatic carbocycles.